The summed E-state index contributed by atoms with van der Waals surface area (Å²) < 4.78 is 34.0. The summed E-state index contributed by atoms with van der Waals surface area (Å²) in [5, 5.41) is 3.83. The summed E-state index contributed by atoms with van der Waals surface area (Å²) in [5.74, 6) is 1.07. The van der Waals surface area contributed by atoms with Gasteiger partial charge in [0.1, 0.15) is 5.75 Å². The molecule has 1 aromatic carbocycles. The third kappa shape index (κ3) is 3.15. The van der Waals surface area contributed by atoms with Gasteiger partial charge in [-0.25, -0.2) is 0 Å². The van der Waals surface area contributed by atoms with Gasteiger partial charge in [-0.1, -0.05) is 38.1 Å². The molecule has 6 heteroatoms. The Hall–Kier alpha value is -2.11. The zero-order valence-electron chi connectivity index (χ0n) is 12.2. The van der Waals surface area contributed by atoms with Crippen LogP contribution in [0.4, 0.5) is 14.6 Å². The Morgan fingerprint density at radius 2 is 1.90 bits per heavy atom. The van der Waals surface area contributed by atoms with Crippen molar-refractivity contribution in [3.8, 4) is 16.9 Å². The lowest BCUT2D eigenvalue weighted by Crippen LogP contribution is -2.15. The maximum atomic E-state index is 12.2. The van der Waals surface area contributed by atoms with Crippen molar-refractivity contribution in [1.29, 1.82) is 0 Å². The van der Waals surface area contributed by atoms with Gasteiger partial charge in [-0.3, -0.25) is 0 Å². The molecule has 21 heavy (non-hydrogen) atoms. The average molecular weight is 296 g/mol. The monoisotopic (exact) mass is 296 g/mol. The number of nitrogens with zero attached hydrogens (tertiary/aromatic N) is 1. The van der Waals surface area contributed by atoms with Gasteiger partial charge < -0.3 is 15.0 Å². The molecule has 1 heterocycles. The van der Waals surface area contributed by atoms with Crippen LogP contribution < -0.4 is 10.5 Å². The molecule has 2 aromatic rings. The molecule has 0 bridgehead atoms. The number of alkyl halides is 2. The van der Waals surface area contributed by atoms with Crippen LogP contribution in [0.5, 0.6) is 5.75 Å². The third-order valence-corrected chi connectivity index (χ3v) is 3.59. The fourth-order valence-corrected chi connectivity index (χ4v) is 2.01. The first-order chi connectivity index (χ1) is 9.85. The molecule has 0 saturated heterocycles. The quantitative estimate of drug-likeness (QED) is 0.897. The van der Waals surface area contributed by atoms with E-state index in [-0.39, 0.29) is 17.0 Å². The summed E-state index contributed by atoms with van der Waals surface area (Å²) in [5.41, 5.74) is 7.12. The van der Waals surface area contributed by atoms with Crippen LogP contribution in [0.3, 0.4) is 0 Å². The number of rotatable bonds is 5. The number of nitrogen functional groups attached to an aromatic ring is 1. The molecule has 0 aliphatic carbocycles. The molecule has 114 valence electrons. The van der Waals surface area contributed by atoms with E-state index in [0.717, 1.165) is 12.0 Å². The van der Waals surface area contributed by atoms with Crippen LogP contribution in [0.2, 0.25) is 0 Å². The summed E-state index contributed by atoms with van der Waals surface area (Å²) >= 11 is 0. The fraction of sp³-hybridized carbons (Fsp3) is 0.400. The van der Waals surface area contributed by atoms with Crippen LogP contribution in [0, 0.1) is 0 Å². The molecule has 0 amide bonds. The van der Waals surface area contributed by atoms with Crippen LogP contribution in [0.15, 0.2) is 28.8 Å². The summed E-state index contributed by atoms with van der Waals surface area (Å²) in [4.78, 5) is 0. The number of anilines is 1. The molecule has 0 aliphatic rings. The second-order valence-electron chi connectivity index (χ2n) is 5.41. The predicted molar refractivity (Wildman–Crippen MR) is 76.3 cm³/mol. The number of hydrogen-bond donors (Lipinski definition) is 1. The third-order valence-electron chi connectivity index (χ3n) is 3.59. The van der Waals surface area contributed by atoms with Crippen molar-refractivity contribution in [3.05, 3.63) is 30.0 Å². The molecule has 2 rings (SSSR count). The van der Waals surface area contributed by atoms with E-state index in [1.165, 1.54) is 12.1 Å². The van der Waals surface area contributed by atoms with Crippen LogP contribution in [-0.4, -0.2) is 11.8 Å². The second-order valence-corrected chi connectivity index (χ2v) is 5.41. The highest BCUT2D eigenvalue weighted by Gasteiger charge is 2.29. The largest absolute Gasteiger partial charge is 0.435 e. The average Bonchev–Trinajstić information content (AvgIpc) is 2.82. The molecule has 0 saturated carbocycles. The highest BCUT2D eigenvalue weighted by atomic mass is 19.3. The summed E-state index contributed by atoms with van der Waals surface area (Å²) in [6.45, 7) is 3.27. The summed E-state index contributed by atoms with van der Waals surface area (Å²) in [6, 6.07) is 6.26. The van der Waals surface area contributed by atoms with Crippen LogP contribution >= 0.6 is 0 Å². The van der Waals surface area contributed by atoms with E-state index < -0.39 is 6.61 Å². The molecule has 0 radical (unpaired) electrons. The van der Waals surface area contributed by atoms with Crippen LogP contribution in [0.25, 0.3) is 11.1 Å². The van der Waals surface area contributed by atoms with Gasteiger partial charge in [0, 0.05) is 5.41 Å². The van der Waals surface area contributed by atoms with Gasteiger partial charge in [-0.15, -0.1) is 0 Å². The Morgan fingerprint density at radius 1 is 1.29 bits per heavy atom. The molecule has 0 atom stereocenters. The minimum atomic E-state index is -2.84. The van der Waals surface area contributed by atoms with E-state index in [2.05, 4.69) is 9.89 Å². The van der Waals surface area contributed by atoms with E-state index in [0.29, 0.717) is 11.3 Å². The molecular weight excluding hydrogens is 278 g/mol. The first-order valence-corrected chi connectivity index (χ1v) is 6.66. The Kier molecular flexibility index (Phi) is 4.16. The van der Waals surface area contributed by atoms with Crippen molar-refractivity contribution in [2.75, 3.05) is 5.73 Å². The Labute approximate surface area is 121 Å². The molecule has 0 spiro atoms. The van der Waals surface area contributed by atoms with Gasteiger partial charge in [0.2, 0.25) is 0 Å². The van der Waals surface area contributed by atoms with E-state index >= 15 is 0 Å². The van der Waals surface area contributed by atoms with Gasteiger partial charge in [0.05, 0.1) is 5.56 Å². The van der Waals surface area contributed by atoms with Crippen molar-refractivity contribution >= 4 is 5.82 Å². The van der Waals surface area contributed by atoms with Gasteiger partial charge >= 0.3 is 6.61 Å². The molecule has 1 aromatic heterocycles. The van der Waals surface area contributed by atoms with Crippen molar-refractivity contribution in [2.24, 2.45) is 0 Å². The first kappa shape index (κ1) is 15.3. The van der Waals surface area contributed by atoms with Crippen molar-refractivity contribution in [2.45, 2.75) is 39.2 Å². The van der Waals surface area contributed by atoms with Crippen LogP contribution in [-0.2, 0) is 5.41 Å². The Balaban J connectivity index is 2.40. The molecule has 0 fully saturated rings. The normalized spacial score (nSPS) is 11.9. The zero-order chi connectivity index (χ0) is 15.6. The minimum Gasteiger partial charge on any atom is -0.435 e. The topological polar surface area (TPSA) is 61.3 Å². The first-order valence-electron chi connectivity index (χ1n) is 6.66. The molecule has 4 nitrogen and oxygen atoms in total. The number of hydrogen-bond acceptors (Lipinski definition) is 4. The SMILES string of the molecule is CCC(C)(C)c1onc(N)c1-c1ccc(OC(F)F)cc1. The van der Waals surface area contributed by atoms with Gasteiger partial charge in [0.25, 0.3) is 0 Å². The number of aromatic nitrogens is 1. The lowest BCUT2D eigenvalue weighted by atomic mass is 9.83. The second kappa shape index (κ2) is 5.71. The fourth-order valence-electron chi connectivity index (χ4n) is 2.01. The summed E-state index contributed by atoms with van der Waals surface area (Å²) in [7, 11) is 0. The number of ether oxygens (including phenoxy) is 1. The van der Waals surface area contributed by atoms with Gasteiger partial charge in [0.15, 0.2) is 11.6 Å². The Bertz CT molecular complexity index is 607. The van der Waals surface area contributed by atoms with E-state index in [9.17, 15) is 8.78 Å². The standard InChI is InChI=1S/C15H18F2N2O2/c1-4-15(2,3)12-11(13(18)19-21-12)9-5-7-10(8-6-9)20-14(16)17/h5-8,14H,4H2,1-3H3,(H2,18,19). The lowest BCUT2D eigenvalue weighted by molar-refractivity contribution is -0.0498. The van der Waals surface area contributed by atoms with Crippen molar-refractivity contribution in [3.63, 3.8) is 0 Å². The Morgan fingerprint density at radius 3 is 2.43 bits per heavy atom. The molecular formula is C15H18F2N2O2. The highest BCUT2D eigenvalue weighted by Crippen LogP contribution is 2.39. The number of nitrogens with two attached hydrogens (primary N) is 1. The molecule has 0 aliphatic heterocycles. The van der Waals surface area contributed by atoms with E-state index in [4.69, 9.17) is 10.3 Å². The molecule has 2 N–H and O–H groups in total. The maximum Gasteiger partial charge on any atom is 0.387 e. The maximum absolute atomic E-state index is 12.2. The zero-order valence-corrected chi connectivity index (χ0v) is 12.2. The number of benzene rings is 1. The molecule has 0 unspecified atom stereocenters. The van der Waals surface area contributed by atoms with E-state index in [1.54, 1.807) is 12.1 Å². The predicted octanol–water partition coefficient (Wildman–Crippen LogP) is 4.21. The highest BCUT2D eigenvalue weighted by molar-refractivity contribution is 5.76. The van der Waals surface area contributed by atoms with Gasteiger partial charge in [-0.2, -0.15) is 8.78 Å². The van der Waals surface area contributed by atoms with E-state index in [1.807, 2.05) is 20.8 Å². The van der Waals surface area contributed by atoms with Crippen LogP contribution in [0.1, 0.15) is 33.0 Å². The smallest absolute Gasteiger partial charge is 0.387 e. The van der Waals surface area contributed by atoms with Crippen molar-refractivity contribution in [1.82, 2.24) is 5.16 Å². The van der Waals surface area contributed by atoms with Gasteiger partial charge in [-0.05, 0) is 24.1 Å². The lowest BCUT2D eigenvalue weighted by Gasteiger charge is -2.20. The van der Waals surface area contributed by atoms with Crippen molar-refractivity contribution < 1.29 is 18.0 Å². The minimum absolute atomic E-state index is 0.0973. The number of halogens is 2. The summed E-state index contributed by atoms with van der Waals surface area (Å²) in [6.07, 6.45) is 0.848.